The molecule has 1 aliphatic heterocycles. The number of hydrogen-bond donors (Lipinski definition) is 1. The zero-order valence-electron chi connectivity index (χ0n) is 9.45. The summed E-state index contributed by atoms with van der Waals surface area (Å²) < 4.78 is 14.7. The van der Waals surface area contributed by atoms with Crippen LogP contribution >= 0.6 is 0 Å². The van der Waals surface area contributed by atoms with Gasteiger partial charge in [0.05, 0.1) is 0 Å². The molecule has 1 N–H and O–H groups in total. The van der Waals surface area contributed by atoms with E-state index in [1.807, 2.05) is 30.3 Å². The smallest absolute Gasteiger partial charge is 0.115 e. The minimum atomic E-state index is -0.946. The van der Waals surface area contributed by atoms with Crippen molar-refractivity contribution < 1.29 is 4.39 Å². The van der Waals surface area contributed by atoms with Crippen molar-refractivity contribution in [3.8, 4) is 0 Å². The number of halogens is 1. The summed E-state index contributed by atoms with van der Waals surface area (Å²) in [5, 5.41) is 3.36. The van der Waals surface area contributed by atoms with Crippen LogP contribution < -0.4 is 5.32 Å². The summed E-state index contributed by atoms with van der Waals surface area (Å²) in [6.45, 7) is 2.04. The van der Waals surface area contributed by atoms with Crippen molar-refractivity contribution in [1.29, 1.82) is 0 Å². The van der Waals surface area contributed by atoms with Gasteiger partial charge in [0.25, 0.3) is 0 Å². The summed E-state index contributed by atoms with van der Waals surface area (Å²) in [5.41, 5.74) is 0.191. The molecule has 0 aromatic heterocycles. The van der Waals surface area contributed by atoms with Crippen molar-refractivity contribution in [2.75, 3.05) is 13.1 Å². The Morgan fingerprint density at radius 1 is 1.12 bits per heavy atom. The topological polar surface area (TPSA) is 12.0 Å². The molecule has 1 saturated heterocycles. The van der Waals surface area contributed by atoms with Crippen LogP contribution in [0.2, 0.25) is 0 Å². The van der Waals surface area contributed by atoms with Crippen LogP contribution in [0.3, 0.4) is 0 Å². The molecule has 0 spiro atoms. The molecular formula is C14H18FN. The Labute approximate surface area is 96.1 Å². The molecule has 1 aromatic carbocycles. The van der Waals surface area contributed by atoms with Gasteiger partial charge in [-0.15, -0.1) is 0 Å². The Balaban J connectivity index is 1.71. The number of fused-ring (bicyclic) bond motifs is 1. The molecule has 1 saturated carbocycles. The van der Waals surface area contributed by atoms with Crippen molar-refractivity contribution in [3.63, 3.8) is 0 Å². The Morgan fingerprint density at radius 3 is 2.38 bits per heavy atom. The second kappa shape index (κ2) is 3.85. The van der Waals surface area contributed by atoms with E-state index in [2.05, 4.69) is 5.32 Å². The van der Waals surface area contributed by atoms with Gasteiger partial charge in [-0.1, -0.05) is 30.3 Å². The van der Waals surface area contributed by atoms with Crippen LogP contribution in [-0.2, 0) is 6.42 Å². The Bertz CT molecular complexity index is 350. The molecule has 2 fully saturated rings. The van der Waals surface area contributed by atoms with Crippen molar-refractivity contribution in [3.05, 3.63) is 35.9 Å². The van der Waals surface area contributed by atoms with Crippen molar-refractivity contribution in [2.45, 2.75) is 24.9 Å². The van der Waals surface area contributed by atoms with Crippen LogP contribution in [0.1, 0.15) is 18.4 Å². The van der Waals surface area contributed by atoms with Gasteiger partial charge in [0.2, 0.25) is 0 Å². The third-order valence-corrected chi connectivity index (χ3v) is 4.10. The summed E-state index contributed by atoms with van der Waals surface area (Å²) in [4.78, 5) is 0. The first-order valence-corrected chi connectivity index (χ1v) is 6.19. The quantitative estimate of drug-likeness (QED) is 0.806. The molecule has 1 heterocycles. The highest BCUT2D eigenvalue weighted by atomic mass is 19.1. The van der Waals surface area contributed by atoms with E-state index in [4.69, 9.17) is 0 Å². The minimum Gasteiger partial charge on any atom is -0.316 e. The van der Waals surface area contributed by atoms with Gasteiger partial charge < -0.3 is 5.32 Å². The van der Waals surface area contributed by atoms with Gasteiger partial charge in [0.15, 0.2) is 0 Å². The van der Waals surface area contributed by atoms with Crippen LogP contribution in [0.25, 0.3) is 0 Å². The van der Waals surface area contributed by atoms with E-state index < -0.39 is 5.67 Å². The highest BCUT2D eigenvalue weighted by Crippen LogP contribution is 2.45. The fourth-order valence-electron chi connectivity index (χ4n) is 3.39. The van der Waals surface area contributed by atoms with Crippen molar-refractivity contribution in [1.82, 2.24) is 5.32 Å². The second-order valence-corrected chi connectivity index (χ2v) is 5.40. The second-order valence-electron chi connectivity index (χ2n) is 5.40. The predicted molar refractivity (Wildman–Crippen MR) is 63.1 cm³/mol. The molecule has 2 heteroatoms. The lowest BCUT2D eigenvalue weighted by atomic mass is 9.93. The van der Waals surface area contributed by atoms with Crippen molar-refractivity contribution >= 4 is 0 Å². The third-order valence-electron chi connectivity index (χ3n) is 4.10. The molecule has 0 radical (unpaired) electrons. The fourth-order valence-corrected chi connectivity index (χ4v) is 3.39. The van der Waals surface area contributed by atoms with Crippen LogP contribution in [0.4, 0.5) is 4.39 Å². The Kier molecular flexibility index (Phi) is 2.47. The van der Waals surface area contributed by atoms with E-state index in [0.717, 1.165) is 31.5 Å². The maximum absolute atomic E-state index is 14.7. The molecule has 3 atom stereocenters. The SMILES string of the molecule is F[C@@]1(Cc2ccccc2)C[C@H]2CNC[C@H]2C1. The number of benzene rings is 1. The molecule has 0 bridgehead atoms. The summed E-state index contributed by atoms with van der Waals surface area (Å²) in [6.07, 6.45) is 2.10. The van der Waals surface area contributed by atoms with Gasteiger partial charge in [0, 0.05) is 6.42 Å². The molecule has 86 valence electrons. The Hall–Kier alpha value is -0.890. The monoisotopic (exact) mass is 219 g/mol. The first-order valence-electron chi connectivity index (χ1n) is 6.19. The molecule has 3 rings (SSSR count). The number of alkyl halides is 1. The van der Waals surface area contributed by atoms with E-state index in [1.165, 1.54) is 0 Å². The number of nitrogens with one attached hydrogen (secondary N) is 1. The lowest BCUT2D eigenvalue weighted by molar-refractivity contribution is 0.159. The highest BCUT2D eigenvalue weighted by Gasteiger charge is 2.47. The van der Waals surface area contributed by atoms with Crippen LogP contribution in [0.15, 0.2) is 30.3 Å². The lowest BCUT2D eigenvalue weighted by Gasteiger charge is -2.20. The minimum absolute atomic E-state index is 0.578. The predicted octanol–water partition coefficient (Wildman–Crippen LogP) is 2.57. The molecule has 1 aliphatic carbocycles. The summed E-state index contributed by atoms with van der Waals surface area (Å²) in [5.74, 6) is 1.16. The van der Waals surface area contributed by atoms with Crippen LogP contribution in [0, 0.1) is 11.8 Å². The third kappa shape index (κ3) is 1.86. The van der Waals surface area contributed by atoms with E-state index in [9.17, 15) is 4.39 Å². The van der Waals surface area contributed by atoms with Crippen molar-refractivity contribution in [2.24, 2.45) is 11.8 Å². The van der Waals surface area contributed by atoms with E-state index in [-0.39, 0.29) is 0 Å². The normalized spacial score (nSPS) is 37.6. The zero-order valence-corrected chi connectivity index (χ0v) is 9.45. The van der Waals surface area contributed by atoms with Crippen LogP contribution in [0.5, 0.6) is 0 Å². The Morgan fingerprint density at radius 2 is 1.75 bits per heavy atom. The molecule has 1 nitrogen and oxygen atoms in total. The molecule has 0 amide bonds. The highest BCUT2D eigenvalue weighted by molar-refractivity contribution is 5.18. The average Bonchev–Trinajstić information content (AvgIpc) is 2.77. The first kappa shape index (κ1) is 10.3. The maximum Gasteiger partial charge on any atom is 0.115 e. The number of hydrogen-bond acceptors (Lipinski definition) is 1. The van der Waals surface area contributed by atoms with E-state index >= 15 is 0 Å². The zero-order chi connectivity index (χ0) is 11.0. The van der Waals surface area contributed by atoms with E-state index in [1.54, 1.807) is 0 Å². The molecule has 1 aromatic rings. The fraction of sp³-hybridized carbons (Fsp3) is 0.571. The number of rotatable bonds is 2. The van der Waals surface area contributed by atoms with Crippen LogP contribution in [-0.4, -0.2) is 18.8 Å². The average molecular weight is 219 g/mol. The van der Waals surface area contributed by atoms with Gasteiger partial charge >= 0.3 is 0 Å². The summed E-state index contributed by atoms with van der Waals surface area (Å²) >= 11 is 0. The summed E-state index contributed by atoms with van der Waals surface area (Å²) in [6, 6.07) is 10.1. The molecule has 16 heavy (non-hydrogen) atoms. The van der Waals surface area contributed by atoms with Gasteiger partial charge in [-0.25, -0.2) is 4.39 Å². The van der Waals surface area contributed by atoms with Gasteiger partial charge in [-0.05, 0) is 43.3 Å². The first-order chi connectivity index (χ1) is 7.75. The molecule has 2 aliphatic rings. The molecular weight excluding hydrogens is 201 g/mol. The summed E-state index contributed by atoms with van der Waals surface area (Å²) in [7, 11) is 0. The van der Waals surface area contributed by atoms with Gasteiger partial charge in [0.1, 0.15) is 5.67 Å². The van der Waals surface area contributed by atoms with Gasteiger partial charge in [-0.2, -0.15) is 0 Å². The van der Waals surface area contributed by atoms with E-state index in [0.29, 0.717) is 18.3 Å². The van der Waals surface area contributed by atoms with Gasteiger partial charge in [-0.3, -0.25) is 0 Å². The maximum atomic E-state index is 14.7. The molecule has 0 unspecified atom stereocenters. The standard InChI is InChI=1S/C14H18FN/c15-14(6-11-4-2-1-3-5-11)7-12-9-16-10-13(12)8-14/h1-5,12-13,16H,6-10H2/t12-,13+,14-. The largest absolute Gasteiger partial charge is 0.316 e. The lowest BCUT2D eigenvalue weighted by Crippen LogP contribution is -2.25.